The van der Waals surface area contributed by atoms with Crippen molar-refractivity contribution in [1.82, 2.24) is 30.4 Å². The largest absolute Gasteiger partial charge is 0.445 e. The first-order valence-corrected chi connectivity index (χ1v) is 14.3. The second-order valence-electron chi connectivity index (χ2n) is 10.8. The normalized spacial score (nSPS) is 20.4. The van der Waals surface area contributed by atoms with E-state index in [2.05, 4.69) is 32.7 Å². The number of fused-ring (bicyclic) bond motifs is 1. The van der Waals surface area contributed by atoms with Gasteiger partial charge in [0.25, 0.3) is 0 Å². The molecule has 10 heteroatoms. The number of hydrogen-bond donors (Lipinski definition) is 3. The molecule has 0 bridgehead atoms. The van der Waals surface area contributed by atoms with E-state index in [1.54, 1.807) is 17.3 Å². The van der Waals surface area contributed by atoms with E-state index in [9.17, 15) is 14.4 Å². The number of piperazine rings is 1. The number of amides is 3. The number of rotatable bonds is 7. The average molecular weight is 567 g/mol. The summed E-state index contributed by atoms with van der Waals surface area (Å²) in [5.41, 5.74) is 3.77. The third-order valence-electron chi connectivity index (χ3n) is 8.06. The highest BCUT2D eigenvalue weighted by Gasteiger charge is 2.41. The number of aromatic amines is 1. The van der Waals surface area contributed by atoms with Crippen molar-refractivity contribution in [1.29, 1.82) is 0 Å². The lowest BCUT2D eigenvalue weighted by atomic mass is 9.95. The lowest BCUT2D eigenvalue weighted by Gasteiger charge is -2.41. The Labute approximate surface area is 244 Å². The van der Waals surface area contributed by atoms with Crippen LogP contribution in [0.5, 0.6) is 0 Å². The van der Waals surface area contributed by atoms with Crippen LogP contribution in [0.4, 0.5) is 4.79 Å². The van der Waals surface area contributed by atoms with Crippen LogP contribution in [0.1, 0.15) is 29.2 Å². The van der Waals surface area contributed by atoms with Crippen LogP contribution in [-0.4, -0.2) is 75.9 Å². The molecule has 2 aromatic heterocycles. The third-order valence-corrected chi connectivity index (χ3v) is 8.06. The molecule has 216 valence electrons. The van der Waals surface area contributed by atoms with Crippen molar-refractivity contribution in [2.24, 2.45) is 0 Å². The van der Waals surface area contributed by atoms with Crippen LogP contribution in [0, 0.1) is 0 Å². The van der Waals surface area contributed by atoms with E-state index >= 15 is 0 Å². The number of H-pyrrole nitrogens is 1. The molecule has 3 unspecified atom stereocenters. The van der Waals surface area contributed by atoms with Gasteiger partial charge in [0.15, 0.2) is 0 Å². The molecule has 0 saturated carbocycles. The zero-order valence-corrected chi connectivity index (χ0v) is 23.2. The number of hydrogen-bond acceptors (Lipinski definition) is 6. The minimum absolute atomic E-state index is 0.0522. The molecule has 4 heterocycles. The number of ether oxygens (including phenoxy) is 1. The molecule has 0 radical (unpaired) electrons. The smallest absolute Gasteiger partial charge is 0.410 e. The molecule has 42 heavy (non-hydrogen) atoms. The summed E-state index contributed by atoms with van der Waals surface area (Å²) >= 11 is 0. The lowest BCUT2D eigenvalue weighted by molar-refractivity contribution is -0.145. The van der Waals surface area contributed by atoms with Gasteiger partial charge in [0, 0.05) is 36.9 Å². The zero-order valence-electron chi connectivity index (χ0n) is 23.2. The first kappa shape index (κ1) is 27.5. The molecule has 6 rings (SSSR count). The molecule has 2 aliphatic rings. The number of nitrogens with one attached hydrogen (secondary N) is 3. The molecule has 2 saturated heterocycles. The fourth-order valence-corrected chi connectivity index (χ4v) is 5.78. The van der Waals surface area contributed by atoms with Crippen LogP contribution in [0.3, 0.4) is 0 Å². The summed E-state index contributed by atoms with van der Waals surface area (Å²) in [6, 6.07) is 22.2. The number of carbonyl (C=O) groups is 3. The van der Waals surface area contributed by atoms with Crippen LogP contribution >= 0.6 is 0 Å². The highest BCUT2D eigenvalue weighted by molar-refractivity contribution is 5.91. The van der Waals surface area contributed by atoms with Gasteiger partial charge in [0.05, 0.1) is 30.8 Å². The SMILES string of the molecule is O=C(NCc1cc2ccncc2[nH]1)C1CN(C(=O)OCc2ccccc2)CCN1C(=O)C1CC(c2ccccc2)CN1. The van der Waals surface area contributed by atoms with E-state index in [0.29, 0.717) is 13.0 Å². The van der Waals surface area contributed by atoms with Gasteiger partial charge in [-0.05, 0) is 35.6 Å². The van der Waals surface area contributed by atoms with Crippen molar-refractivity contribution in [2.75, 3.05) is 26.2 Å². The van der Waals surface area contributed by atoms with E-state index in [4.69, 9.17) is 4.74 Å². The van der Waals surface area contributed by atoms with E-state index in [1.807, 2.05) is 60.7 Å². The first-order valence-electron chi connectivity index (χ1n) is 14.3. The molecule has 2 aromatic carbocycles. The molecule has 3 N–H and O–H groups in total. The Hall–Kier alpha value is -4.70. The van der Waals surface area contributed by atoms with Gasteiger partial charge in [-0.3, -0.25) is 14.6 Å². The van der Waals surface area contributed by atoms with Gasteiger partial charge in [0.2, 0.25) is 11.8 Å². The molecule has 2 aliphatic heterocycles. The quantitative estimate of drug-likeness (QED) is 0.316. The maximum absolute atomic E-state index is 13.8. The number of aromatic nitrogens is 2. The van der Waals surface area contributed by atoms with Gasteiger partial charge in [-0.1, -0.05) is 60.7 Å². The van der Waals surface area contributed by atoms with Crippen molar-refractivity contribution in [3.05, 3.63) is 102 Å². The Morgan fingerprint density at radius 3 is 2.57 bits per heavy atom. The standard InChI is InChI=1S/C32H34N6O4/c39-30(35-18-26-15-24-11-12-33-19-28(24)36-26)29-20-37(32(41)42-21-22-7-3-1-4-8-22)13-14-38(29)31(40)27-16-25(17-34-27)23-9-5-2-6-10-23/h1-12,15,19,25,27,29,34,36H,13-14,16-18,20-21H2,(H,35,39). The first-order chi connectivity index (χ1) is 20.5. The third kappa shape index (κ3) is 6.13. The van der Waals surface area contributed by atoms with Gasteiger partial charge < -0.3 is 30.2 Å². The van der Waals surface area contributed by atoms with Crippen molar-refractivity contribution in [2.45, 2.75) is 37.6 Å². The van der Waals surface area contributed by atoms with Gasteiger partial charge in [-0.2, -0.15) is 0 Å². The second-order valence-corrected chi connectivity index (χ2v) is 10.8. The van der Waals surface area contributed by atoms with Crippen molar-refractivity contribution < 1.29 is 19.1 Å². The monoisotopic (exact) mass is 566 g/mol. The summed E-state index contributed by atoms with van der Waals surface area (Å²) in [5.74, 6) is -0.223. The molecule has 10 nitrogen and oxygen atoms in total. The highest BCUT2D eigenvalue weighted by atomic mass is 16.6. The fourth-order valence-electron chi connectivity index (χ4n) is 5.78. The summed E-state index contributed by atoms with van der Waals surface area (Å²) in [6.45, 7) is 1.66. The van der Waals surface area contributed by atoms with Crippen LogP contribution in [0.15, 0.2) is 85.2 Å². The Morgan fingerprint density at radius 1 is 1.00 bits per heavy atom. The van der Waals surface area contributed by atoms with Gasteiger partial charge >= 0.3 is 6.09 Å². The Morgan fingerprint density at radius 2 is 1.79 bits per heavy atom. The van der Waals surface area contributed by atoms with Gasteiger partial charge in [-0.25, -0.2) is 4.79 Å². The van der Waals surface area contributed by atoms with Crippen LogP contribution < -0.4 is 10.6 Å². The van der Waals surface area contributed by atoms with Crippen molar-refractivity contribution in [3.8, 4) is 0 Å². The highest BCUT2D eigenvalue weighted by Crippen LogP contribution is 2.27. The summed E-state index contributed by atoms with van der Waals surface area (Å²) < 4.78 is 5.55. The molecule has 3 amide bonds. The Bertz CT molecular complexity index is 1510. The summed E-state index contributed by atoms with van der Waals surface area (Å²) in [6.07, 6.45) is 3.60. The fraction of sp³-hybridized carbons (Fsp3) is 0.312. The van der Waals surface area contributed by atoms with Crippen LogP contribution in [-0.2, 0) is 27.5 Å². The topological polar surface area (TPSA) is 120 Å². The van der Waals surface area contributed by atoms with E-state index < -0.39 is 18.2 Å². The van der Waals surface area contributed by atoms with Gasteiger partial charge in [0.1, 0.15) is 12.6 Å². The predicted molar refractivity (Wildman–Crippen MR) is 157 cm³/mol. The van der Waals surface area contributed by atoms with E-state index in [-0.39, 0.29) is 50.5 Å². The molecule has 0 aliphatic carbocycles. The van der Waals surface area contributed by atoms with Crippen LogP contribution in [0.2, 0.25) is 0 Å². The van der Waals surface area contributed by atoms with E-state index in [1.165, 1.54) is 10.5 Å². The predicted octanol–water partition coefficient (Wildman–Crippen LogP) is 3.17. The molecular weight excluding hydrogens is 532 g/mol. The number of nitrogens with zero attached hydrogens (tertiary/aromatic N) is 3. The minimum atomic E-state index is -0.848. The summed E-state index contributed by atoms with van der Waals surface area (Å²) in [7, 11) is 0. The second kappa shape index (κ2) is 12.4. The summed E-state index contributed by atoms with van der Waals surface area (Å²) in [5, 5.41) is 7.34. The maximum atomic E-state index is 13.8. The molecule has 2 fully saturated rings. The summed E-state index contributed by atoms with van der Waals surface area (Å²) in [4.78, 5) is 50.9. The maximum Gasteiger partial charge on any atom is 0.410 e. The number of carbonyl (C=O) groups excluding carboxylic acids is 3. The molecular formula is C32H34N6O4. The van der Waals surface area contributed by atoms with E-state index in [0.717, 1.165) is 22.2 Å². The lowest BCUT2D eigenvalue weighted by Crippen LogP contribution is -2.63. The Kier molecular flexibility index (Phi) is 8.14. The van der Waals surface area contributed by atoms with Gasteiger partial charge in [-0.15, -0.1) is 0 Å². The zero-order chi connectivity index (χ0) is 28.9. The van der Waals surface area contributed by atoms with Crippen molar-refractivity contribution >= 4 is 28.8 Å². The molecule has 4 aromatic rings. The molecule has 0 spiro atoms. The van der Waals surface area contributed by atoms with Crippen molar-refractivity contribution in [3.63, 3.8) is 0 Å². The number of pyridine rings is 1. The van der Waals surface area contributed by atoms with Crippen LogP contribution in [0.25, 0.3) is 10.9 Å². The molecule has 3 atom stereocenters. The average Bonchev–Trinajstić information content (AvgIpc) is 3.70. The minimum Gasteiger partial charge on any atom is -0.445 e. The Balaban J connectivity index is 1.14. The number of benzene rings is 2.